The Balaban J connectivity index is 1.75. The van der Waals surface area contributed by atoms with Crippen LogP contribution in [0.15, 0.2) is 42.5 Å². The van der Waals surface area contributed by atoms with Gasteiger partial charge in [0.05, 0.1) is 15.8 Å². The van der Waals surface area contributed by atoms with Gasteiger partial charge in [-0.25, -0.2) is 9.78 Å². The van der Waals surface area contributed by atoms with E-state index in [1.165, 1.54) is 0 Å². The Kier molecular flexibility index (Phi) is 4.21. The first-order valence-corrected chi connectivity index (χ1v) is 8.31. The molecule has 0 atom stereocenters. The van der Waals surface area contributed by atoms with Crippen molar-refractivity contribution in [3.63, 3.8) is 0 Å². The topological polar surface area (TPSA) is 39.2 Å². The Morgan fingerprint density at radius 2 is 2.05 bits per heavy atom. The van der Waals surface area contributed by atoms with Gasteiger partial charge in [-0.2, -0.15) is 0 Å². The number of esters is 1. The molecule has 21 heavy (non-hydrogen) atoms. The highest BCUT2D eigenvalue weighted by Crippen LogP contribution is 2.23. The van der Waals surface area contributed by atoms with Gasteiger partial charge in [0.2, 0.25) is 0 Å². The molecule has 0 N–H and O–H groups in total. The molecule has 0 unspecified atom stereocenters. The second kappa shape index (κ2) is 6.11. The fraction of sp³-hybridized carbons (Fsp3) is 0.125. The second-order valence-corrected chi connectivity index (χ2v) is 6.78. The summed E-state index contributed by atoms with van der Waals surface area (Å²) in [6, 6.07) is 13.5. The maximum atomic E-state index is 12.2. The van der Waals surface area contributed by atoms with E-state index in [2.05, 4.69) is 27.6 Å². The number of aromatic nitrogens is 1. The molecule has 0 fully saturated rings. The molecule has 0 saturated carbocycles. The lowest BCUT2D eigenvalue weighted by Gasteiger charge is -2.06. The van der Waals surface area contributed by atoms with Crippen LogP contribution in [0.5, 0.6) is 0 Å². The van der Waals surface area contributed by atoms with Gasteiger partial charge in [0, 0.05) is 3.57 Å². The van der Waals surface area contributed by atoms with Crippen molar-refractivity contribution >= 4 is 50.1 Å². The van der Waals surface area contributed by atoms with Gasteiger partial charge in [0.25, 0.3) is 0 Å². The standard InChI is InChI=1S/C16H12INO2S/c1-10-5-4-6-11(15(10)17)16(19)20-9-14-18-12-7-2-3-8-13(12)21-14/h2-8H,9H2,1H3. The molecule has 0 aliphatic heterocycles. The molecule has 3 rings (SSSR count). The number of aryl methyl sites for hydroxylation is 1. The maximum Gasteiger partial charge on any atom is 0.339 e. The smallest absolute Gasteiger partial charge is 0.339 e. The van der Waals surface area contributed by atoms with Gasteiger partial charge in [0.15, 0.2) is 0 Å². The molecule has 3 aromatic rings. The first-order chi connectivity index (χ1) is 10.1. The van der Waals surface area contributed by atoms with Gasteiger partial charge in [-0.15, -0.1) is 11.3 Å². The largest absolute Gasteiger partial charge is 0.455 e. The Labute approximate surface area is 140 Å². The number of hydrogen-bond acceptors (Lipinski definition) is 4. The summed E-state index contributed by atoms with van der Waals surface area (Å²) in [5, 5.41) is 0.812. The second-order valence-electron chi connectivity index (χ2n) is 4.59. The number of halogens is 1. The van der Waals surface area contributed by atoms with Gasteiger partial charge >= 0.3 is 5.97 Å². The summed E-state index contributed by atoms with van der Waals surface area (Å²) in [7, 11) is 0. The fourth-order valence-electron chi connectivity index (χ4n) is 1.99. The molecule has 0 aliphatic rings. The summed E-state index contributed by atoms with van der Waals surface area (Å²) in [5.74, 6) is -0.303. The number of carbonyl (C=O) groups excluding carboxylic acids is 1. The minimum atomic E-state index is -0.303. The van der Waals surface area contributed by atoms with Crippen molar-refractivity contribution in [2.45, 2.75) is 13.5 Å². The van der Waals surface area contributed by atoms with Crippen LogP contribution < -0.4 is 0 Å². The Morgan fingerprint density at radius 3 is 2.86 bits per heavy atom. The van der Waals surface area contributed by atoms with Crippen molar-refractivity contribution in [3.05, 3.63) is 62.2 Å². The van der Waals surface area contributed by atoms with Crippen LogP contribution >= 0.6 is 33.9 Å². The molecule has 1 heterocycles. The van der Waals surface area contributed by atoms with Crippen LogP contribution in [-0.4, -0.2) is 11.0 Å². The zero-order chi connectivity index (χ0) is 14.8. The number of nitrogens with zero attached hydrogens (tertiary/aromatic N) is 1. The van der Waals surface area contributed by atoms with Gasteiger partial charge in [-0.3, -0.25) is 0 Å². The van der Waals surface area contributed by atoms with E-state index < -0.39 is 0 Å². The van der Waals surface area contributed by atoms with Crippen molar-refractivity contribution in [2.75, 3.05) is 0 Å². The van der Waals surface area contributed by atoms with Crippen molar-refractivity contribution in [1.29, 1.82) is 0 Å². The van der Waals surface area contributed by atoms with Crippen LogP contribution in [0.4, 0.5) is 0 Å². The third-order valence-electron chi connectivity index (χ3n) is 3.08. The molecule has 0 saturated heterocycles. The third kappa shape index (κ3) is 3.08. The lowest BCUT2D eigenvalue weighted by Crippen LogP contribution is -2.07. The van der Waals surface area contributed by atoms with Crippen molar-refractivity contribution in [3.8, 4) is 0 Å². The van der Waals surface area contributed by atoms with Crippen LogP contribution in [-0.2, 0) is 11.3 Å². The molecule has 0 spiro atoms. The molecule has 0 radical (unpaired) electrons. The van der Waals surface area contributed by atoms with Crippen LogP contribution in [0, 0.1) is 10.5 Å². The number of rotatable bonds is 3. The molecule has 2 aromatic carbocycles. The highest BCUT2D eigenvalue weighted by molar-refractivity contribution is 14.1. The quantitative estimate of drug-likeness (QED) is 0.470. The number of para-hydroxylation sites is 1. The Hall–Kier alpha value is -1.47. The van der Waals surface area contributed by atoms with Gasteiger partial charge in [-0.05, 0) is 53.3 Å². The minimum absolute atomic E-state index is 0.211. The van der Waals surface area contributed by atoms with E-state index in [1.807, 2.05) is 43.3 Å². The Bertz CT molecular complexity index is 780. The number of fused-ring (bicyclic) bond motifs is 1. The summed E-state index contributed by atoms with van der Waals surface area (Å²) in [4.78, 5) is 16.6. The predicted molar refractivity (Wildman–Crippen MR) is 92.6 cm³/mol. The van der Waals surface area contributed by atoms with E-state index >= 15 is 0 Å². The average molecular weight is 409 g/mol. The summed E-state index contributed by atoms with van der Waals surface area (Å²) in [6.07, 6.45) is 0. The Morgan fingerprint density at radius 1 is 1.24 bits per heavy atom. The number of carbonyl (C=O) groups is 1. The molecular formula is C16H12INO2S. The van der Waals surface area contributed by atoms with E-state index in [1.54, 1.807) is 17.4 Å². The number of hydrogen-bond donors (Lipinski definition) is 0. The van der Waals surface area contributed by atoms with E-state index in [9.17, 15) is 4.79 Å². The van der Waals surface area contributed by atoms with Crippen molar-refractivity contribution in [1.82, 2.24) is 4.98 Å². The molecule has 106 valence electrons. The van der Waals surface area contributed by atoms with E-state index in [0.29, 0.717) is 5.56 Å². The zero-order valence-corrected chi connectivity index (χ0v) is 14.3. The number of ether oxygens (including phenoxy) is 1. The maximum absolute atomic E-state index is 12.2. The third-order valence-corrected chi connectivity index (χ3v) is 5.52. The van der Waals surface area contributed by atoms with Crippen molar-refractivity contribution in [2.24, 2.45) is 0 Å². The molecule has 0 bridgehead atoms. The molecule has 3 nitrogen and oxygen atoms in total. The van der Waals surface area contributed by atoms with Crippen LogP contribution in [0.2, 0.25) is 0 Å². The minimum Gasteiger partial charge on any atom is -0.455 e. The first-order valence-electron chi connectivity index (χ1n) is 6.42. The van der Waals surface area contributed by atoms with Gasteiger partial charge in [-0.1, -0.05) is 24.3 Å². The van der Waals surface area contributed by atoms with Gasteiger partial charge < -0.3 is 4.74 Å². The van der Waals surface area contributed by atoms with E-state index in [4.69, 9.17) is 4.74 Å². The summed E-state index contributed by atoms with van der Waals surface area (Å²) >= 11 is 3.72. The SMILES string of the molecule is Cc1cccc(C(=O)OCc2nc3ccccc3s2)c1I. The van der Waals surface area contributed by atoms with Crippen LogP contribution in [0.3, 0.4) is 0 Å². The molecule has 5 heteroatoms. The number of thiazole rings is 1. The zero-order valence-electron chi connectivity index (χ0n) is 11.3. The summed E-state index contributed by atoms with van der Waals surface area (Å²) in [5.41, 5.74) is 2.63. The van der Waals surface area contributed by atoms with Crippen LogP contribution in [0.25, 0.3) is 10.2 Å². The highest BCUT2D eigenvalue weighted by atomic mass is 127. The molecule has 0 aliphatic carbocycles. The van der Waals surface area contributed by atoms with Crippen molar-refractivity contribution < 1.29 is 9.53 Å². The normalized spacial score (nSPS) is 10.8. The lowest BCUT2D eigenvalue weighted by molar-refractivity contribution is 0.0471. The van der Waals surface area contributed by atoms with E-state index in [0.717, 1.165) is 24.4 Å². The van der Waals surface area contributed by atoms with Gasteiger partial charge in [0.1, 0.15) is 11.6 Å². The first kappa shape index (κ1) is 14.5. The lowest BCUT2D eigenvalue weighted by atomic mass is 10.1. The summed E-state index contributed by atoms with van der Waals surface area (Å²) in [6.45, 7) is 2.19. The average Bonchev–Trinajstić information content (AvgIpc) is 2.90. The predicted octanol–water partition coefficient (Wildman–Crippen LogP) is 4.57. The summed E-state index contributed by atoms with van der Waals surface area (Å²) < 4.78 is 7.42. The fourth-order valence-corrected chi connectivity index (χ4v) is 3.45. The highest BCUT2D eigenvalue weighted by Gasteiger charge is 2.13. The monoisotopic (exact) mass is 409 g/mol. The van der Waals surface area contributed by atoms with Crippen LogP contribution in [0.1, 0.15) is 20.9 Å². The number of benzene rings is 2. The van der Waals surface area contributed by atoms with E-state index in [-0.39, 0.29) is 12.6 Å². The molecule has 0 amide bonds. The molecular weight excluding hydrogens is 397 g/mol. The molecule has 1 aromatic heterocycles.